The van der Waals surface area contributed by atoms with Gasteiger partial charge in [0.05, 0.1) is 29.0 Å². The SMILES string of the molecule is CCOc1ccc(N2C(=O)c3ccc(C(=O)OCC(=O)N4c5ccccc5C[C@H]4C)cc3C2=O)cc1. The zero-order chi connectivity index (χ0) is 25.4. The minimum Gasteiger partial charge on any atom is -0.494 e. The number of carbonyl (C=O) groups is 4. The van der Waals surface area contributed by atoms with Crippen LogP contribution in [0.5, 0.6) is 5.75 Å². The molecule has 2 heterocycles. The lowest BCUT2D eigenvalue weighted by Gasteiger charge is -2.22. The van der Waals surface area contributed by atoms with E-state index in [0.29, 0.717) is 18.0 Å². The first kappa shape index (κ1) is 23.3. The fourth-order valence-electron chi connectivity index (χ4n) is 4.69. The van der Waals surface area contributed by atoms with E-state index in [-0.39, 0.29) is 28.6 Å². The molecule has 3 amide bonds. The molecule has 1 atom stereocenters. The van der Waals surface area contributed by atoms with E-state index in [4.69, 9.17) is 9.47 Å². The molecule has 0 bridgehead atoms. The van der Waals surface area contributed by atoms with Gasteiger partial charge in [0.25, 0.3) is 17.7 Å². The molecule has 182 valence electrons. The molecule has 0 spiro atoms. The third-order valence-corrected chi connectivity index (χ3v) is 6.33. The third-order valence-electron chi connectivity index (χ3n) is 6.33. The maximum atomic E-state index is 13.0. The lowest BCUT2D eigenvalue weighted by atomic mass is 10.1. The van der Waals surface area contributed by atoms with E-state index in [1.807, 2.05) is 38.1 Å². The monoisotopic (exact) mass is 484 g/mol. The second-order valence-corrected chi connectivity index (χ2v) is 8.65. The summed E-state index contributed by atoms with van der Waals surface area (Å²) in [6.07, 6.45) is 0.738. The van der Waals surface area contributed by atoms with Gasteiger partial charge in [-0.05, 0) is 74.4 Å². The molecule has 3 aromatic rings. The summed E-state index contributed by atoms with van der Waals surface area (Å²) >= 11 is 0. The molecule has 0 aliphatic carbocycles. The van der Waals surface area contributed by atoms with Crippen molar-refractivity contribution in [2.45, 2.75) is 26.3 Å². The zero-order valence-electron chi connectivity index (χ0n) is 19.9. The van der Waals surface area contributed by atoms with Crippen molar-refractivity contribution in [2.24, 2.45) is 0 Å². The summed E-state index contributed by atoms with van der Waals surface area (Å²) in [7, 11) is 0. The van der Waals surface area contributed by atoms with E-state index in [2.05, 4.69) is 0 Å². The number of esters is 1. The van der Waals surface area contributed by atoms with Crippen LogP contribution in [-0.4, -0.2) is 42.9 Å². The van der Waals surface area contributed by atoms with Crippen molar-refractivity contribution in [1.82, 2.24) is 0 Å². The van der Waals surface area contributed by atoms with Crippen molar-refractivity contribution in [3.63, 3.8) is 0 Å². The molecule has 0 saturated carbocycles. The number of ether oxygens (including phenoxy) is 2. The highest BCUT2D eigenvalue weighted by molar-refractivity contribution is 6.34. The Morgan fingerprint density at radius 3 is 2.42 bits per heavy atom. The second-order valence-electron chi connectivity index (χ2n) is 8.65. The molecule has 0 aromatic heterocycles. The quantitative estimate of drug-likeness (QED) is 0.388. The van der Waals surface area contributed by atoms with Crippen LogP contribution in [0.1, 0.15) is 50.5 Å². The largest absolute Gasteiger partial charge is 0.494 e. The van der Waals surface area contributed by atoms with Gasteiger partial charge in [-0.1, -0.05) is 18.2 Å². The Kier molecular flexibility index (Phi) is 6.01. The Morgan fingerprint density at radius 1 is 0.944 bits per heavy atom. The number of amides is 3. The maximum Gasteiger partial charge on any atom is 0.338 e. The van der Waals surface area contributed by atoms with Gasteiger partial charge in [-0.3, -0.25) is 14.4 Å². The molecule has 36 heavy (non-hydrogen) atoms. The summed E-state index contributed by atoms with van der Waals surface area (Å²) in [5.41, 5.74) is 2.69. The number of benzene rings is 3. The van der Waals surface area contributed by atoms with Gasteiger partial charge in [-0.2, -0.15) is 0 Å². The Labute approximate surface area is 208 Å². The maximum absolute atomic E-state index is 13.0. The van der Waals surface area contributed by atoms with Crippen molar-refractivity contribution in [3.8, 4) is 5.75 Å². The van der Waals surface area contributed by atoms with Crippen molar-refractivity contribution in [3.05, 3.63) is 89.0 Å². The second kappa shape index (κ2) is 9.30. The van der Waals surface area contributed by atoms with E-state index in [1.165, 1.54) is 18.2 Å². The normalized spacial score (nSPS) is 16.1. The molecule has 5 rings (SSSR count). The highest BCUT2D eigenvalue weighted by atomic mass is 16.5. The Balaban J connectivity index is 1.29. The average molecular weight is 485 g/mol. The molecule has 0 saturated heterocycles. The van der Waals surface area contributed by atoms with Gasteiger partial charge >= 0.3 is 5.97 Å². The standard InChI is InChI=1S/C28H24N2O6/c1-3-35-21-11-9-20(10-12-21)30-26(32)22-13-8-19(15-23(22)27(30)33)28(34)36-16-25(31)29-17(2)14-18-6-4-5-7-24(18)29/h4-13,15,17H,3,14,16H2,1-2H3/t17-/m1/s1. The first-order valence-corrected chi connectivity index (χ1v) is 11.7. The summed E-state index contributed by atoms with van der Waals surface area (Å²) in [6, 6.07) is 18.4. The molecular weight excluding hydrogens is 460 g/mol. The Morgan fingerprint density at radius 2 is 1.67 bits per heavy atom. The number of imide groups is 1. The first-order valence-electron chi connectivity index (χ1n) is 11.7. The number of fused-ring (bicyclic) bond motifs is 2. The predicted molar refractivity (Wildman–Crippen MR) is 133 cm³/mol. The molecule has 8 heteroatoms. The van der Waals surface area contributed by atoms with Crippen LogP contribution < -0.4 is 14.5 Å². The van der Waals surface area contributed by atoms with Crippen LogP contribution in [0.4, 0.5) is 11.4 Å². The van der Waals surface area contributed by atoms with E-state index in [0.717, 1.165) is 22.6 Å². The molecule has 3 aromatic carbocycles. The number of rotatable bonds is 6. The van der Waals surface area contributed by atoms with Crippen LogP contribution in [0, 0.1) is 0 Å². The van der Waals surface area contributed by atoms with Crippen molar-refractivity contribution in [2.75, 3.05) is 23.0 Å². The van der Waals surface area contributed by atoms with Gasteiger partial charge in [-0.15, -0.1) is 0 Å². The van der Waals surface area contributed by atoms with Gasteiger partial charge in [0.1, 0.15) is 5.75 Å². The van der Waals surface area contributed by atoms with Gasteiger partial charge in [0, 0.05) is 11.7 Å². The fraction of sp³-hybridized carbons (Fsp3) is 0.214. The molecule has 0 fully saturated rings. The predicted octanol–water partition coefficient (Wildman–Crippen LogP) is 4.02. The summed E-state index contributed by atoms with van der Waals surface area (Å²) in [5.74, 6) is -1.45. The molecular formula is C28H24N2O6. The van der Waals surface area contributed by atoms with Gasteiger partial charge < -0.3 is 14.4 Å². The van der Waals surface area contributed by atoms with E-state index < -0.39 is 24.4 Å². The van der Waals surface area contributed by atoms with Crippen LogP contribution in [0.3, 0.4) is 0 Å². The number of hydrogen-bond acceptors (Lipinski definition) is 6. The minimum atomic E-state index is -0.744. The van der Waals surface area contributed by atoms with Crippen LogP contribution in [0.2, 0.25) is 0 Å². The average Bonchev–Trinajstić information content (AvgIpc) is 3.35. The molecule has 2 aliphatic rings. The Hall–Kier alpha value is -4.46. The van der Waals surface area contributed by atoms with Crippen molar-refractivity contribution in [1.29, 1.82) is 0 Å². The van der Waals surface area contributed by atoms with Gasteiger partial charge in [0.2, 0.25) is 0 Å². The van der Waals surface area contributed by atoms with Crippen molar-refractivity contribution >= 4 is 35.1 Å². The highest BCUT2D eigenvalue weighted by Gasteiger charge is 2.37. The number of para-hydroxylation sites is 1. The van der Waals surface area contributed by atoms with Gasteiger partial charge in [0.15, 0.2) is 6.61 Å². The summed E-state index contributed by atoms with van der Waals surface area (Å²) in [4.78, 5) is 54.2. The minimum absolute atomic E-state index is 0.0363. The van der Waals surface area contributed by atoms with Crippen LogP contribution in [0.25, 0.3) is 0 Å². The smallest absolute Gasteiger partial charge is 0.338 e. The molecule has 0 radical (unpaired) electrons. The lowest BCUT2D eigenvalue weighted by molar-refractivity contribution is -0.122. The highest BCUT2D eigenvalue weighted by Crippen LogP contribution is 2.32. The number of hydrogen-bond donors (Lipinski definition) is 0. The fourth-order valence-corrected chi connectivity index (χ4v) is 4.69. The number of carbonyl (C=O) groups excluding carboxylic acids is 4. The molecule has 8 nitrogen and oxygen atoms in total. The zero-order valence-corrected chi connectivity index (χ0v) is 19.9. The van der Waals surface area contributed by atoms with E-state index in [1.54, 1.807) is 29.2 Å². The Bertz CT molecular complexity index is 1380. The summed E-state index contributed by atoms with van der Waals surface area (Å²) in [5, 5.41) is 0. The van der Waals surface area contributed by atoms with Crippen LogP contribution in [-0.2, 0) is 16.0 Å². The van der Waals surface area contributed by atoms with Crippen LogP contribution >= 0.6 is 0 Å². The summed E-state index contributed by atoms with van der Waals surface area (Å²) < 4.78 is 10.7. The lowest BCUT2D eigenvalue weighted by Crippen LogP contribution is -2.38. The number of anilines is 2. The van der Waals surface area contributed by atoms with Gasteiger partial charge in [-0.25, -0.2) is 9.69 Å². The summed E-state index contributed by atoms with van der Waals surface area (Å²) in [6.45, 7) is 3.88. The van der Waals surface area contributed by atoms with Crippen LogP contribution in [0.15, 0.2) is 66.7 Å². The molecule has 2 aliphatic heterocycles. The van der Waals surface area contributed by atoms with Crippen molar-refractivity contribution < 1.29 is 28.7 Å². The third kappa shape index (κ3) is 4.00. The first-order chi connectivity index (χ1) is 17.4. The molecule has 0 N–H and O–H groups in total. The van der Waals surface area contributed by atoms with E-state index in [9.17, 15) is 19.2 Å². The van der Waals surface area contributed by atoms with E-state index >= 15 is 0 Å². The topological polar surface area (TPSA) is 93.2 Å². The molecule has 0 unspecified atom stereocenters. The number of nitrogens with zero attached hydrogens (tertiary/aromatic N) is 2.